The predicted molar refractivity (Wildman–Crippen MR) is 79.4 cm³/mol. The van der Waals surface area contributed by atoms with Gasteiger partial charge in [0.2, 0.25) is 0 Å². The van der Waals surface area contributed by atoms with Gasteiger partial charge in [-0.2, -0.15) is 0 Å². The Bertz CT molecular complexity index is 538. The SMILES string of the molecule is NCCNC(=O)COc1ccc(-c2ccccc2)cc1. The van der Waals surface area contributed by atoms with Gasteiger partial charge < -0.3 is 15.8 Å². The Morgan fingerprint density at radius 3 is 2.30 bits per heavy atom. The number of nitrogens with two attached hydrogens (primary N) is 1. The highest BCUT2D eigenvalue weighted by Crippen LogP contribution is 2.21. The van der Waals surface area contributed by atoms with Crippen molar-refractivity contribution >= 4 is 5.91 Å². The molecule has 0 fully saturated rings. The first-order valence-corrected chi connectivity index (χ1v) is 6.54. The zero-order chi connectivity index (χ0) is 14.2. The first kappa shape index (κ1) is 14.1. The van der Waals surface area contributed by atoms with Crippen LogP contribution in [0.25, 0.3) is 11.1 Å². The number of carbonyl (C=O) groups is 1. The molecule has 0 atom stereocenters. The third-order valence-corrected chi connectivity index (χ3v) is 2.80. The molecule has 0 bridgehead atoms. The average molecular weight is 270 g/mol. The van der Waals surface area contributed by atoms with Crippen molar-refractivity contribution in [2.45, 2.75) is 0 Å². The Morgan fingerprint density at radius 1 is 1.00 bits per heavy atom. The summed E-state index contributed by atoms with van der Waals surface area (Å²) in [7, 11) is 0. The largest absolute Gasteiger partial charge is 0.484 e. The van der Waals surface area contributed by atoms with Gasteiger partial charge in [0.15, 0.2) is 6.61 Å². The number of hydrogen-bond acceptors (Lipinski definition) is 3. The summed E-state index contributed by atoms with van der Waals surface area (Å²) in [6.07, 6.45) is 0. The van der Waals surface area contributed by atoms with Crippen LogP contribution in [-0.2, 0) is 4.79 Å². The molecule has 4 nitrogen and oxygen atoms in total. The molecule has 0 radical (unpaired) electrons. The fourth-order valence-corrected chi connectivity index (χ4v) is 1.79. The molecule has 0 aliphatic rings. The molecule has 1 amide bonds. The van der Waals surface area contributed by atoms with Crippen molar-refractivity contribution in [1.82, 2.24) is 5.32 Å². The summed E-state index contributed by atoms with van der Waals surface area (Å²) in [5, 5.41) is 2.65. The Labute approximate surface area is 118 Å². The predicted octanol–water partition coefficient (Wildman–Crippen LogP) is 1.81. The molecule has 20 heavy (non-hydrogen) atoms. The molecule has 0 saturated heterocycles. The standard InChI is InChI=1S/C16H18N2O2/c17-10-11-18-16(19)12-20-15-8-6-14(7-9-15)13-4-2-1-3-5-13/h1-9H,10-12,17H2,(H,18,19). The van der Waals surface area contributed by atoms with Crippen molar-refractivity contribution in [3.05, 3.63) is 54.6 Å². The lowest BCUT2D eigenvalue weighted by atomic mass is 10.1. The Morgan fingerprint density at radius 2 is 1.65 bits per heavy atom. The molecule has 104 valence electrons. The van der Waals surface area contributed by atoms with Gasteiger partial charge in [-0.15, -0.1) is 0 Å². The van der Waals surface area contributed by atoms with Crippen LogP contribution in [0.3, 0.4) is 0 Å². The lowest BCUT2D eigenvalue weighted by molar-refractivity contribution is -0.123. The number of benzene rings is 2. The van der Waals surface area contributed by atoms with E-state index in [0.717, 1.165) is 11.1 Å². The smallest absolute Gasteiger partial charge is 0.257 e. The van der Waals surface area contributed by atoms with Crippen LogP contribution in [0.5, 0.6) is 5.75 Å². The van der Waals surface area contributed by atoms with Crippen molar-refractivity contribution in [2.24, 2.45) is 5.73 Å². The van der Waals surface area contributed by atoms with Gasteiger partial charge in [-0.1, -0.05) is 42.5 Å². The van der Waals surface area contributed by atoms with E-state index in [1.807, 2.05) is 42.5 Å². The molecule has 0 spiro atoms. The summed E-state index contributed by atoms with van der Waals surface area (Å²) in [4.78, 5) is 11.4. The Kier molecular flexibility index (Phi) is 5.15. The maximum atomic E-state index is 11.4. The molecule has 0 unspecified atom stereocenters. The molecular formula is C16H18N2O2. The second-order valence-corrected chi connectivity index (χ2v) is 4.32. The molecule has 0 aliphatic carbocycles. The van der Waals surface area contributed by atoms with E-state index < -0.39 is 0 Å². The maximum absolute atomic E-state index is 11.4. The van der Waals surface area contributed by atoms with Crippen LogP contribution in [0.1, 0.15) is 0 Å². The lowest BCUT2D eigenvalue weighted by Crippen LogP contribution is -2.32. The number of carbonyl (C=O) groups excluding carboxylic acids is 1. The minimum absolute atomic E-state index is 0.00465. The van der Waals surface area contributed by atoms with Crippen LogP contribution in [0, 0.1) is 0 Å². The first-order chi connectivity index (χ1) is 9.79. The van der Waals surface area contributed by atoms with Gasteiger partial charge in [0.25, 0.3) is 5.91 Å². The number of ether oxygens (including phenoxy) is 1. The third kappa shape index (κ3) is 4.10. The minimum Gasteiger partial charge on any atom is -0.484 e. The van der Waals surface area contributed by atoms with Gasteiger partial charge in [0, 0.05) is 13.1 Å². The van der Waals surface area contributed by atoms with Crippen LogP contribution in [-0.4, -0.2) is 25.6 Å². The highest BCUT2D eigenvalue weighted by Gasteiger charge is 2.02. The van der Waals surface area contributed by atoms with E-state index in [1.54, 1.807) is 0 Å². The summed E-state index contributed by atoms with van der Waals surface area (Å²) in [6.45, 7) is 0.900. The second-order valence-electron chi connectivity index (χ2n) is 4.32. The second kappa shape index (κ2) is 7.31. The quantitative estimate of drug-likeness (QED) is 0.841. The van der Waals surface area contributed by atoms with Crippen LogP contribution in [0.4, 0.5) is 0 Å². The average Bonchev–Trinajstić information content (AvgIpc) is 2.52. The molecule has 0 aromatic heterocycles. The molecule has 2 aromatic carbocycles. The zero-order valence-corrected chi connectivity index (χ0v) is 11.2. The number of nitrogens with one attached hydrogen (secondary N) is 1. The van der Waals surface area contributed by atoms with Crippen LogP contribution in [0.2, 0.25) is 0 Å². The Balaban J connectivity index is 1.90. The van der Waals surface area contributed by atoms with Gasteiger partial charge in [0.05, 0.1) is 0 Å². The maximum Gasteiger partial charge on any atom is 0.257 e. The van der Waals surface area contributed by atoms with Gasteiger partial charge in [-0.3, -0.25) is 4.79 Å². The lowest BCUT2D eigenvalue weighted by Gasteiger charge is -2.07. The molecule has 0 aliphatic heterocycles. The number of amides is 1. The molecule has 3 N–H and O–H groups in total. The van der Waals surface area contributed by atoms with E-state index in [4.69, 9.17) is 10.5 Å². The monoisotopic (exact) mass is 270 g/mol. The van der Waals surface area contributed by atoms with Crippen molar-refractivity contribution in [2.75, 3.05) is 19.7 Å². The van der Waals surface area contributed by atoms with Crippen molar-refractivity contribution in [3.63, 3.8) is 0 Å². The van der Waals surface area contributed by atoms with Crippen molar-refractivity contribution < 1.29 is 9.53 Å². The van der Waals surface area contributed by atoms with Crippen molar-refractivity contribution in [1.29, 1.82) is 0 Å². The number of hydrogen-bond donors (Lipinski definition) is 2. The van der Waals surface area contributed by atoms with E-state index in [9.17, 15) is 4.79 Å². The molecule has 2 rings (SSSR count). The highest BCUT2D eigenvalue weighted by molar-refractivity contribution is 5.77. The summed E-state index contributed by atoms with van der Waals surface area (Å²) in [6, 6.07) is 17.8. The molecule has 2 aromatic rings. The van der Waals surface area contributed by atoms with E-state index in [-0.39, 0.29) is 12.5 Å². The molecule has 0 saturated carbocycles. The minimum atomic E-state index is -0.164. The van der Waals surface area contributed by atoms with Crippen molar-refractivity contribution in [3.8, 4) is 16.9 Å². The van der Waals surface area contributed by atoms with E-state index in [1.165, 1.54) is 0 Å². The number of rotatable bonds is 6. The van der Waals surface area contributed by atoms with E-state index >= 15 is 0 Å². The fraction of sp³-hybridized carbons (Fsp3) is 0.188. The Hall–Kier alpha value is -2.33. The topological polar surface area (TPSA) is 64.3 Å². The highest BCUT2D eigenvalue weighted by atomic mass is 16.5. The van der Waals surface area contributed by atoms with Crippen LogP contribution >= 0.6 is 0 Å². The van der Waals surface area contributed by atoms with Gasteiger partial charge >= 0.3 is 0 Å². The third-order valence-electron chi connectivity index (χ3n) is 2.80. The van der Waals surface area contributed by atoms with E-state index in [0.29, 0.717) is 18.8 Å². The summed E-state index contributed by atoms with van der Waals surface area (Å²) < 4.78 is 5.40. The summed E-state index contributed by atoms with van der Waals surface area (Å²) in [5.74, 6) is 0.509. The zero-order valence-electron chi connectivity index (χ0n) is 11.2. The fourth-order valence-electron chi connectivity index (χ4n) is 1.79. The summed E-state index contributed by atoms with van der Waals surface area (Å²) >= 11 is 0. The van der Waals surface area contributed by atoms with E-state index in [2.05, 4.69) is 17.4 Å². The van der Waals surface area contributed by atoms with Crippen LogP contribution in [0.15, 0.2) is 54.6 Å². The van der Waals surface area contributed by atoms with Crippen LogP contribution < -0.4 is 15.8 Å². The van der Waals surface area contributed by atoms with Gasteiger partial charge in [0.1, 0.15) is 5.75 Å². The molecule has 0 heterocycles. The first-order valence-electron chi connectivity index (χ1n) is 6.54. The van der Waals surface area contributed by atoms with Gasteiger partial charge in [-0.05, 0) is 23.3 Å². The molecular weight excluding hydrogens is 252 g/mol. The molecule has 4 heteroatoms. The van der Waals surface area contributed by atoms with Gasteiger partial charge in [-0.25, -0.2) is 0 Å². The summed E-state index contributed by atoms with van der Waals surface area (Å²) in [5.41, 5.74) is 7.57. The normalized spacial score (nSPS) is 10.1.